The maximum Gasteiger partial charge on any atom is 0.225 e. The number of hydrogen-bond donors (Lipinski definition) is 1. The first-order valence-electron chi connectivity index (χ1n) is 11.3. The van der Waals surface area contributed by atoms with Crippen LogP contribution in [-0.4, -0.2) is 50.8 Å². The second kappa shape index (κ2) is 7.90. The van der Waals surface area contributed by atoms with Gasteiger partial charge < -0.3 is 14.7 Å². The van der Waals surface area contributed by atoms with Crippen molar-refractivity contribution in [1.82, 2.24) is 19.4 Å². The molecule has 33 heavy (non-hydrogen) atoms. The predicted molar refractivity (Wildman–Crippen MR) is 122 cm³/mol. The van der Waals surface area contributed by atoms with Gasteiger partial charge in [0, 0.05) is 42.8 Å². The van der Waals surface area contributed by atoms with Crippen LogP contribution in [0.5, 0.6) is 0 Å². The topological polar surface area (TPSA) is 75.8 Å². The molecule has 168 valence electrons. The number of fused-ring (bicyclic) bond motifs is 3. The lowest BCUT2D eigenvalue weighted by molar-refractivity contribution is 0.0555. The highest BCUT2D eigenvalue weighted by Gasteiger charge is 2.40. The third-order valence-electron chi connectivity index (χ3n) is 6.60. The molecule has 1 aromatic carbocycles. The highest BCUT2D eigenvalue weighted by molar-refractivity contribution is 5.64. The van der Waals surface area contributed by atoms with Crippen molar-refractivity contribution in [3.8, 4) is 11.1 Å². The molecular weight excluding hydrogens is 421 g/mol. The van der Waals surface area contributed by atoms with Crippen molar-refractivity contribution >= 4 is 11.6 Å². The van der Waals surface area contributed by atoms with Gasteiger partial charge >= 0.3 is 0 Å². The Morgan fingerprint density at radius 1 is 1.03 bits per heavy atom. The van der Waals surface area contributed by atoms with Crippen LogP contribution >= 0.6 is 0 Å². The highest BCUT2D eigenvalue weighted by atomic mass is 19.1. The van der Waals surface area contributed by atoms with E-state index in [1.54, 1.807) is 12.1 Å². The minimum Gasteiger partial charge on any atom is -0.379 e. The number of halogens is 1. The minimum atomic E-state index is -1.30. The van der Waals surface area contributed by atoms with E-state index in [2.05, 4.69) is 14.9 Å². The van der Waals surface area contributed by atoms with Crippen molar-refractivity contribution < 1.29 is 14.2 Å². The van der Waals surface area contributed by atoms with Crippen LogP contribution in [0.2, 0.25) is 0 Å². The van der Waals surface area contributed by atoms with Gasteiger partial charge in [0.1, 0.15) is 17.1 Å². The van der Waals surface area contributed by atoms with Gasteiger partial charge in [-0.1, -0.05) is 12.1 Å². The van der Waals surface area contributed by atoms with E-state index in [1.165, 1.54) is 12.1 Å². The summed E-state index contributed by atoms with van der Waals surface area (Å²) < 4.78 is 21.3. The van der Waals surface area contributed by atoms with Gasteiger partial charge in [0.2, 0.25) is 5.95 Å². The van der Waals surface area contributed by atoms with Crippen molar-refractivity contribution in [2.45, 2.75) is 24.9 Å². The molecule has 7 nitrogen and oxygen atoms in total. The maximum absolute atomic E-state index is 14.0. The van der Waals surface area contributed by atoms with Gasteiger partial charge in [0.05, 0.1) is 24.6 Å². The first kappa shape index (κ1) is 20.3. The van der Waals surface area contributed by atoms with Gasteiger partial charge in [-0.15, -0.1) is 0 Å². The number of pyridine rings is 1. The van der Waals surface area contributed by atoms with Crippen LogP contribution in [0, 0.1) is 5.82 Å². The zero-order valence-electron chi connectivity index (χ0n) is 18.1. The van der Waals surface area contributed by atoms with Crippen LogP contribution in [0.3, 0.4) is 0 Å². The Morgan fingerprint density at radius 3 is 2.64 bits per heavy atom. The smallest absolute Gasteiger partial charge is 0.225 e. The van der Waals surface area contributed by atoms with Gasteiger partial charge in [-0.3, -0.25) is 4.40 Å². The molecule has 0 bridgehead atoms. The second-order valence-corrected chi connectivity index (χ2v) is 8.65. The lowest BCUT2D eigenvalue weighted by atomic mass is 9.80. The van der Waals surface area contributed by atoms with Crippen LogP contribution < -0.4 is 4.90 Å². The zero-order chi connectivity index (χ0) is 22.4. The Labute approximate surface area is 190 Å². The fraction of sp³-hybridized carbons (Fsp3) is 0.320. The molecule has 4 heterocycles. The standard InChI is InChI=1S/C25H24FN5O2/c26-20-4-1-3-19(13-20)25(32)8-2-5-21-23(25)31-16-17(6-7-22(31)29-21)18-14-27-24(28-15-18)30-9-11-33-12-10-30/h1,3-4,6-7,13-16,32H,2,5,8-12H2. The largest absolute Gasteiger partial charge is 0.379 e. The van der Waals surface area contributed by atoms with Gasteiger partial charge in [-0.25, -0.2) is 19.3 Å². The Morgan fingerprint density at radius 2 is 1.85 bits per heavy atom. The van der Waals surface area contributed by atoms with Crippen LogP contribution in [-0.2, 0) is 16.8 Å². The van der Waals surface area contributed by atoms with Gasteiger partial charge in [0.15, 0.2) is 0 Å². The third-order valence-corrected chi connectivity index (χ3v) is 6.60. The van der Waals surface area contributed by atoms with Crippen molar-refractivity contribution in [3.63, 3.8) is 0 Å². The van der Waals surface area contributed by atoms with Crippen LogP contribution in [0.1, 0.15) is 29.8 Å². The average Bonchev–Trinajstić information content (AvgIpc) is 3.24. The monoisotopic (exact) mass is 445 g/mol. The highest BCUT2D eigenvalue weighted by Crippen LogP contribution is 2.41. The molecule has 3 aromatic heterocycles. The fourth-order valence-corrected chi connectivity index (χ4v) is 4.93. The van der Waals surface area contributed by atoms with Crippen LogP contribution in [0.4, 0.5) is 10.3 Å². The average molecular weight is 445 g/mol. The Hall–Kier alpha value is -3.36. The van der Waals surface area contributed by atoms with Gasteiger partial charge in [-0.2, -0.15) is 0 Å². The molecule has 0 spiro atoms. The van der Waals surface area contributed by atoms with Crippen LogP contribution in [0.25, 0.3) is 16.8 Å². The molecule has 0 radical (unpaired) electrons. The SMILES string of the molecule is OC1(c2cccc(F)c2)CCCc2nc3ccc(-c4cnc(N5CCOCC5)nc4)cn3c21. The van der Waals surface area contributed by atoms with E-state index in [0.717, 1.165) is 48.4 Å². The molecule has 1 unspecified atom stereocenters. The van der Waals surface area contributed by atoms with E-state index in [1.807, 2.05) is 35.1 Å². The number of aliphatic hydroxyl groups is 1. The first-order valence-corrected chi connectivity index (χ1v) is 11.3. The lowest BCUT2D eigenvalue weighted by Crippen LogP contribution is -2.37. The quantitative estimate of drug-likeness (QED) is 0.521. The van der Waals surface area contributed by atoms with E-state index in [9.17, 15) is 9.50 Å². The molecule has 1 saturated heterocycles. The summed E-state index contributed by atoms with van der Waals surface area (Å²) >= 11 is 0. The van der Waals surface area contributed by atoms with Gasteiger partial charge in [-0.05, 0) is 49.1 Å². The summed E-state index contributed by atoms with van der Waals surface area (Å²) in [6.07, 6.45) is 7.68. The number of aromatic nitrogens is 4. The lowest BCUT2D eigenvalue weighted by Gasteiger charge is -2.33. The molecule has 1 N–H and O–H groups in total. The Balaban J connectivity index is 1.42. The normalized spacial score (nSPS) is 20.7. The number of nitrogens with zero attached hydrogens (tertiary/aromatic N) is 5. The van der Waals surface area contributed by atoms with E-state index in [4.69, 9.17) is 9.72 Å². The molecule has 1 fully saturated rings. The summed E-state index contributed by atoms with van der Waals surface area (Å²) in [5, 5.41) is 11.8. The number of rotatable bonds is 3. The van der Waals surface area contributed by atoms with Gasteiger partial charge in [0.25, 0.3) is 0 Å². The molecule has 6 rings (SSSR count). The molecule has 0 saturated carbocycles. The fourth-order valence-electron chi connectivity index (χ4n) is 4.93. The Kier molecular flexibility index (Phi) is 4.85. The number of hydrogen-bond acceptors (Lipinski definition) is 6. The van der Waals surface area contributed by atoms with Crippen molar-refractivity contribution in [3.05, 3.63) is 77.8 Å². The number of aryl methyl sites for hydroxylation is 1. The summed E-state index contributed by atoms with van der Waals surface area (Å²) in [6.45, 7) is 2.93. The number of imidazole rings is 1. The number of ether oxygens (including phenoxy) is 1. The summed E-state index contributed by atoms with van der Waals surface area (Å²) in [5.41, 5.74) is 3.36. The first-order chi connectivity index (χ1) is 16.1. The number of morpholine rings is 1. The minimum absolute atomic E-state index is 0.361. The molecule has 1 aliphatic carbocycles. The van der Waals surface area contributed by atoms with Crippen molar-refractivity contribution in [1.29, 1.82) is 0 Å². The van der Waals surface area contributed by atoms with E-state index in [-0.39, 0.29) is 5.82 Å². The number of anilines is 1. The molecular formula is C25H24FN5O2. The molecule has 1 aliphatic heterocycles. The second-order valence-electron chi connectivity index (χ2n) is 8.65. The maximum atomic E-state index is 14.0. The summed E-state index contributed by atoms with van der Waals surface area (Å²) in [5.74, 6) is 0.337. The van der Waals surface area contributed by atoms with Crippen LogP contribution in [0.15, 0.2) is 55.0 Å². The zero-order valence-corrected chi connectivity index (χ0v) is 18.1. The van der Waals surface area contributed by atoms with E-state index < -0.39 is 5.60 Å². The molecule has 1 atom stereocenters. The number of benzene rings is 1. The summed E-state index contributed by atoms with van der Waals surface area (Å²) in [6, 6.07) is 10.1. The molecule has 4 aromatic rings. The molecule has 0 amide bonds. The molecule has 8 heteroatoms. The van der Waals surface area contributed by atoms with E-state index in [0.29, 0.717) is 36.8 Å². The van der Waals surface area contributed by atoms with Crippen molar-refractivity contribution in [2.24, 2.45) is 0 Å². The van der Waals surface area contributed by atoms with Crippen molar-refractivity contribution in [2.75, 3.05) is 31.2 Å². The predicted octanol–water partition coefficient (Wildman–Crippen LogP) is 3.34. The Bertz CT molecular complexity index is 1320. The third kappa shape index (κ3) is 3.46. The summed E-state index contributed by atoms with van der Waals surface area (Å²) in [4.78, 5) is 16.0. The molecule has 2 aliphatic rings. The van der Waals surface area contributed by atoms with E-state index >= 15 is 0 Å². The summed E-state index contributed by atoms with van der Waals surface area (Å²) in [7, 11) is 0.